The fourth-order valence-electron chi connectivity index (χ4n) is 2.54. The number of nitrogens with zero attached hydrogens (tertiary/aromatic N) is 2. The molecule has 6 nitrogen and oxygen atoms in total. The highest BCUT2D eigenvalue weighted by molar-refractivity contribution is 5.96. The third-order valence-corrected chi connectivity index (χ3v) is 3.73. The maximum atomic E-state index is 11.5. The number of rotatable bonds is 4. The zero-order chi connectivity index (χ0) is 14.8. The highest BCUT2D eigenvalue weighted by atomic mass is 16.5. The van der Waals surface area contributed by atoms with Gasteiger partial charge in [0.1, 0.15) is 5.75 Å². The van der Waals surface area contributed by atoms with Gasteiger partial charge in [-0.3, -0.25) is 14.8 Å². The summed E-state index contributed by atoms with van der Waals surface area (Å²) in [6, 6.07) is 7.47. The van der Waals surface area contributed by atoms with Gasteiger partial charge < -0.3 is 10.5 Å². The zero-order valence-corrected chi connectivity index (χ0v) is 11.9. The molecule has 1 atom stereocenters. The van der Waals surface area contributed by atoms with Gasteiger partial charge in [0.25, 0.3) is 5.91 Å². The summed E-state index contributed by atoms with van der Waals surface area (Å²) in [5.41, 5.74) is 7.96. The number of aryl methyl sites for hydroxylation is 2. The van der Waals surface area contributed by atoms with E-state index < -0.39 is 5.91 Å². The topological polar surface area (TPSA) is 82.2 Å². The van der Waals surface area contributed by atoms with Crippen molar-refractivity contribution in [1.82, 2.24) is 15.1 Å². The van der Waals surface area contributed by atoms with Crippen molar-refractivity contribution in [2.24, 2.45) is 12.8 Å². The smallest absolute Gasteiger partial charge is 0.252 e. The summed E-state index contributed by atoms with van der Waals surface area (Å²) in [6.07, 6.45) is 3.35. The molecule has 0 spiro atoms. The number of benzene rings is 1. The van der Waals surface area contributed by atoms with E-state index in [9.17, 15) is 4.79 Å². The maximum Gasteiger partial charge on any atom is 0.252 e. The van der Waals surface area contributed by atoms with Crippen LogP contribution >= 0.6 is 0 Å². The van der Waals surface area contributed by atoms with Gasteiger partial charge in [-0.15, -0.1) is 0 Å². The fraction of sp³-hybridized carbons (Fsp3) is 0.333. The number of hydrogen-bond donors (Lipinski definition) is 2. The van der Waals surface area contributed by atoms with Crippen LogP contribution in [0.3, 0.4) is 0 Å². The van der Waals surface area contributed by atoms with Crippen molar-refractivity contribution < 1.29 is 9.53 Å². The number of aromatic nitrogens is 2. The molecule has 0 radical (unpaired) electrons. The maximum absolute atomic E-state index is 11.5. The molecule has 0 aliphatic carbocycles. The van der Waals surface area contributed by atoms with Crippen molar-refractivity contribution in [1.29, 1.82) is 0 Å². The molecule has 0 saturated heterocycles. The normalized spacial score (nSPS) is 17.1. The summed E-state index contributed by atoms with van der Waals surface area (Å²) in [5.74, 6) is 0.151. The molecule has 0 saturated carbocycles. The number of carbonyl (C=O) groups is 1. The van der Waals surface area contributed by atoms with Gasteiger partial charge >= 0.3 is 0 Å². The van der Waals surface area contributed by atoms with Crippen LogP contribution < -0.4 is 15.8 Å². The minimum absolute atomic E-state index is 0.132. The first kappa shape index (κ1) is 13.6. The molecule has 1 amide bonds. The predicted octanol–water partition coefficient (Wildman–Crippen LogP) is 0.960. The largest absolute Gasteiger partial charge is 0.474 e. The minimum atomic E-state index is -0.459. The van der Waals surface area contributed by atoms with Gasteiger partial charge in [0.05, 0.1) is 11.3 Å². The van der Waals surface area contributed by atoms with Crippen LogP contribution in [0, 0.1) is 0 Å². The molecule has 1 aliphatic heterocycles. The van der Waals surface area contributed by atoms with Crippen LogP contribution in [0.15, 0.2) is 30.5 Å². The molecule has 110 valence electrons. The zero-order valence-electron chi connectivity index (χ0n) is 11.9. The van der Waals surface area contributed by atoms with E-state index in [1.54, 1.807) is 12.3 Å². The Bertz CT molecular complexity index is 665. The first-order valence-electron chi connectivity index (χ1n) is 6.94. The van der Waals surface area contributed by atoms with E-state index in [-0.39, 0.29) is 6.23 Å². The van der Waals surface area contributed by atoms with E-state index in [1.165, 1.54) is 0 Å². The third-order valence-electron chi connectivity index (χ3n) is 3.73. The lowest BCUT2D eigenvalue weighted by molar-refractivity contribution is 0.0979. The lowest BCUT2D eigenvalue weighted by Gasteiger charge is -2.28. The summed E-state index contributed by atoms with van der Waals surface area (Å²) in [7, 11) is 1.90. The fourth-order valence-corrected chi connectivity index (χ4v) is 2.54. The van der Waals surface area contributed by atoms with Crippen molar-refractivity contribution >= 4 is 5.91 Å². The lowest BCUT2D eigenvalue weighted by atomic mass is 10.0. The standard InChI is InChI=1S/C15H18N4O2/c1-19-11(7-8-18-19)9-17-13-6-5-10-3-2-4-12(15(16)20)14(10)21-13/h2-4,7-8,13,17H,5-6,9H2,1H3,(H2,16,20). The number of fused-ring (bicyclic) bond motifs is 1. The van der Waals surface area contributed by atoms with Crippen molar-refractivity contribution in [2.45, 2.75) is 25.6 Å². The van der Waals surface area contributed by atoms with Crippen molar-refractivity contribution in [3.8, 4) is 5.75 Å². The Morgan fingerprint density at radius 2 is 2.38 bits per heavy atom. The Balaban J connectivity index is 1.72. The summed E-state index contributed by atoms with van der Waals surface area (Å²) < 4.78 is 7.74. The quantitative estimate of drug-likeness (QED) is 0.877. The molecule has 1 aromatic carbocycles. The van der Waals surface area contributed by atoms with Crippen molar-refractivity contribution in [3.63, 3.8) is 0 Å². The molecule has 21 heavy (non-hydrogen) atoms. The van der Waals surface area contributed by atoms with E-state index in [4.69, 9.17) is 10.5 Å². The first-order chi connectivity index (χ1) is 10.1. The molecule has 1 aliphatic rings. The molecule has 0 fully saturated rings. The van der Waals surface area contributed by atoms with Gasteiger partial charge in [-0.25, -0.2) is 0 Å². The molecule has 1 aromatic heterocycles. The van der Waals surface area contributed by atoms with E-state index in [1.807, 2.05) is 29.9 Å². The number of nitrogens with one attached hydrogen (secondary N) is 1. The van der Waals surface area contributed by atoms with Crippen LogP contribution in [-0.4, -0.2) is 21.9 Å². The Morgan fingerprint density at radius 3 is 3.10 bits per heavy atom. The SMILES string of the molecule is Cn1nccc1CNC1CCc2cccc(C(N)=O)c2O1. The van der Waals surface area contributed by atoms with Gasteiger partial charge in [0.2, 0.25) is 0 Å². The monoisotopic (exact) mass is 286 g/mol. The van der Waals surface area contributed by atoms with Gasteiger partial charge in [-0.2, -0.15) is 5.10 Å². The lowest BCUT2D eigenvalue weighted by Crippen LogP contribution is -2.38. The molecule has 6 heteroatoms. The number of ether oxygens (including phenoxy) is 1. The van der Waals surface area contributed by atoms with Crippen LogP contribution in [0.4, 0.5) is 0 Å². The minimum Gasteiger partial charge on any atom is -0.474 e. The Labute approximate surface area is 122 Å². The van der Waals surface area contributed by atoms with Crippen molar-refractivity contribution in [2.75, 3.05) is 0 Å². The number of amides is 1. The second-order valence-corrected chi connectivity index (χ2v) is 5.13. The van der Waals surface area contributed by atoms with Crippen LogP contribution in [0.1, 0.15) is 28.0 Å². The van der Waals surface area contributed by atoms with Crippen LogP contribution in [-0.2, 0) is 20.0 Å². The summed E-state index contributed by atoms with van der Waals surface area (Å²) in [4.78, 5) is 11.5. The number of nitrogens with two attached hydrogens (primary N) is 1. The van der Waals surface area contributed by atoms with E-state index in [2.05, 4.69) is 10.4 Å². The third kappa shape index (κ3) is 2.75. The number of carbonyl (C=O) groups excluding carboxylic acids is 1. The summed E-state index contributed by atoms with van der Waals surface area (Å²) >= 11 is 0. The van der Waals surface area contributed by atoms with Crippen molar-refractivity contribution in [3.05, 3.63) is 47.3 Å². The molecule has 2 heterocycles. The predicted molar refractivity (Wildman–Crippen MR) is 77.7 cm³/mol. The van der Waals surface area contributed by atoms with E-state index in [0.717, 1.165) is 24.1 Å². The highest BCUT2D eigenvalue weighted by Gasteiger charge is 2.23. The van der Waals surface area contributed by atoms with Crippen LogP contribution in [0.5, 0.6) is 5.75 Å². The average molecular weight is 286 g/mol. The molecular weight excluding hydrogens is 268 g/mol. The molecule has 1 unspecified atom stereocenters. The number of primary amides is 1. The van der Waals surface area contributed by atoms with Gasteiger partial charge in [-0.05, 0) is 24.1 Å². The van der Waals surface area contributed by atoms with Gasteiger partial charge in [0, 0.05) is 26.2 Å². The molecule has 3 N–H and O–H groups in total. The van der Waals surface area contributed by atoms with E-state index in [0.29, 0.717) is 17.9 Å². The Kier molecular flexibility index (Phi) is 3.62. The summed E-state index contributed by atoms with van der Waals surface area (Å²) in [6.45, 7) is 0.662. The first-order valence-corrected chi connectivity index (χ1v) is 6.94. The second-order valence-electron chi connectivity index (χ2n) is 5.13. The highest BCUT2D eigenvalue weighted by Crippen LogP contribution is 2.30. The molecule has 2 aromatic rings. The van der Waals surface area contributed by atoms with Gasteiger partial charge in [0.15, 0.2) is 6.23 Å². The Hall–Kier alpha value is -2.34. The number of para-hydroxylation sites is 1. The Morgan fingerprint density at radius 1 is 1.52 bits per heavy atom. The van der Waals surface area contributed by atoms with Crippen LogP contribution in [0.25, 0.3) is 0 Å². The molecule has 3 rings (SSSR count). The summed E-state index contributed by atoms with van der Waals surface area (Å²) in [5, 5.41) is 7.46. The number of hydrogen-bond acceptors (Lipinski definition) is 4. The average Bonchev–Trinajstić information content (AvgIpc) is 2.89. The molecule has 0 bridgehead atoms. The van der Waals surface area contributed by atoms with Gasteiger partial charge in [-0.1, -0.05) is 12.1 Å². The van der Waals surface area contributed by atoms with E-state index >= 15 is 0 Å². The molecular formula is C15H18N4O2. The van der Waals surface area contributed by atoms with Crippen LogP contribution in [0.2, 0.25) is 0 Å². The second kappa shape index (κ2) is 5.57.